The van der Waals surface area contributed by atoms with Gasteiger partial charge in [0.05, 0.1) is 10.5 Å². The molecule has 0 saturated heterocycles. The van der Waals surface area contributed by atoms with E-state index in [0.29, 0.717) is 16.7 Å². The minimum absolute atomic E-state index is 0.0805. The Bertz CT molecular complexity index is 790. The summed E-state index contributed by atoms with van der Waals surface area (Å²) < 4.78 is 63.7. The molecule has 1 N–H and O–H groups in total. The van der Waals surface area contributed by atoms with Crippen molar-refractivity contribution in [2.75, 3.05) is 0 Å². The van der Waals surface area contributed by atoms with Crippen molar-refractivity contribution in [3.8, 4) is 11.1 Å². The van der Waals surface area contributed by atoms with E-state index in [9.17, 15) is 21.6 Å². The molecule has 0 spiro atoms. The van der Waals surface area contributed by atoms with Gasteiger partial charge >= 0.3 is 6.18 Å². The molecule has 0 radical (unpaired) electrons. The number of rotatable bonds is 3. The lowest BCUT2D eigenvalue weighted by molar-refractivity contribution is -0.137. The van der Waals surface area contributed by atoms with E-state index in [1.807, 2.05) is 0 Å². The van der Waals surface area contributed by atoms with Crippen LogP contribution in [0.2, 0.25) is 5.02 Å². The van der Waals surface area contributed by atoms with Crippen molar-refractivity contribution in [1.82, 2.24) is 4.24 Å². The second-order valence-corrected chi connectivity index (χ2v) is 6.86. The van der Waals surface area contributed by atoms with Crippen LogP contribution in [0, 0.1) is 0 Å². The van der Waals surface area contributed by atoms with Gasteiger partial charge < -0.3 is 0 Å². The molecule has 0 unspecified atom stereocenters. The van der Waals surface area contributed by atoms with E-state index < -0.39 is 26.7 Å². The first kappa shape index (κ1) is 17.1. The number of hydrogen-bond acceptors (Lipinski definition) is 2. The predicted octanol–water partition coefficient (Wildman–Crippen LogP) is 4.46. The molecule has 0 aliphatic rings. The Hall–Kier alpha value is -1.28. The Morgan fingerprint density at radius 3 is 2.05 bits per heavy atom. The zero-order valence-corrected chi connectivity index (χ0v) is 13.0. The number of halogens is 5. The van der Waals surface area contributed by atoms with Gasteiger partial charge in [-0.25, -0.2) is 8.42 Å². The van der Waals surface area contributed by atoms with E-state index in [0.717, 1.165) is 12.1 Å². The summed E-state index contributed by atoms with van der Waals surface area (Å²) in [5.74, 6) is 0. The molecular formula is C13H8Cl2F3NO2S. The summed E-state index contributed by atoms with van der Waals surface area (Å²) in [6.45, 7) is 0. The Balaban J connectivity index is 2.69. The van der Waals surface area contributed by atoms with Crippen molar-refractivity contribution in [1.29, 1.82) is 0 Å². The maximum absolute atomic E-state index is 13.0. The van der Waals surface area contributed by atoms with E-state index in [4.69, 9.17) is 23.4 Å². The predicted molar refractivity (Wildman–Crippen MR) is 78.1 cm³/mol. The lowest BCUT2D eigenvalue weighted by Crippen LogP contribution is -2.15. The van der Waals surface area contributed by atoms with Crippen LogP contribution >= 0.6 is 23.4 Å². The van der Waals surface area contributed by atoms with Crippen LogP contribution in [0.3, 0.4) is 0 Å². The first-order valence-corrected chi connectivity index (χ1v) is 7.98. The SMILES string of the molecule is O=S(=O)(NCl)c1cc(-c2ccc(Cl)cc2)cc(C(F)(F)F)c1. The van der Waals surface area contributed by atoms with Gasteiger partial charge in [-0.1, -0.05) is 23.7 Å². The van der Waals surface area contributed by atoms with Crippen molar-refractivity contribution in [2.45, 2.75) is 11.1 Å². The molecule has 0 atom stereocenters. The van der Waals surface area contributed by atoms with Crippen molar-refractivity contribution in [3.63, 3.8) is 0 Å². The van der Waals surface area contributed by atoms with Gasteiger partial charge in [-0.3, -0.25) is 0 Å². The first-order chi connectivity index (χ1) is 10.1. The molecule has 22 heavy (non-hydrogen) atoms. The molecule has 0 saturated carbocycles. The van der Waals surface area contributed by atoms with E-state index in [1.165, 1.54) is 28.5 Å². The van der Waals surface area contributed by atoms with Crippen molar-refractivity contribution < 1.29 is 21.6 Å². The minimum atomic E-state index is -4.70. The third kappa shape index (κ3) is 3.73. The average Bonchev–Trinajstić information content (AvgIpc) is 2.46. The molecule has 2 aromatic rings. The van der Waals surface area contributed by atoms with Crippen LogP contribution in [0.15, 0.2) is 47.4 Å². The number of nitrogens with one attached hydrogen (secondary N) is 1. The fraction of sp³-hybridized carbons (Fsp3) is 0.0769. The molecule has 118 valence electrons. The van der Waals surface area contributed by atoms with E-state index >= 15 is 0 Å². The maximum atomic E-state index is 13.0. The summed E-state index contributed by atoms with van der Waals surface area (Å²) >= 11 is 10.8. The molecule has 0 heterocycles. The van der Waals surface area contributed by atoms with Crippen LogP contribution < -0.4 is 4.24 Å². The van der Waals surface area contributed by atoms with Gasteiger partial charge in [0.2, 0.25) is 0 Å². The van der Waals surface area contributed by atoms with Gasteiger partial charge in [-0.2, -0.15) is 13.2 Å². The average molecular weight is 370 g/mol. The molecule has 0 aromatic heterocycles. The number of hydrogen-bond donors (Lipinski definition) is 1. The quantitative estimate of drug-likeness (QED) is 0.811. The normalized spacial score (nSPS) is 12.4. The maximum Gasteiger partial charge on any atom is 0.416 e. The summed E-state index contributed by atoms with van der Waals surface area (Å²) in [5, 5.41) is 0.408. The largest absolute Gasteiger partial charge is 0.416 e. The molecular weight excluding hydrogens is 362 g/mol. The Kier molecular flexibility index (Phi) is 4.72. The topological polar surface area (TPSA) is 46.2 Å². The van der Waals surface area contributed by atoms with Crippen LogP contribution in [0.25, 0.3) is 11.1 Å². The zero-order chi connectivity index (χ0) is 16.5. The third-order valence-electron chi connectivity index (χ3n) is 2.82. The summed E-state index contributed by atoms with van der Waals surface area (Å²) in [7, 11) is -4.23. The van der Waals surface area contributed by atoms with Crippen molar-refractivity contribution >= 4 is 33.4 Å². The first-order valence-electron chi connectivity index (χ1n) is 5.74. The van der Waals surface area contributed by atoms with Crippen LogP contribution in [-0.2, 0) is 16.2 Å². The molecule has 0 aliphatic heterocycles. The summed E-state index contributed by atoms with van der Waals surface area (Å²) in [6, 6.07) is 8.44. The van der Waals surface area contributed by atoms with Crippen molar-refractivity contribution in [2.24, 2.45) is 0 Å². The second-order valence-electron chi connectivity index (χ2n) is 4.33. The van der Waals surface area contributed by atoms with Crippen LogP contribution in [0.1, 0.15) is 5.56 Å². The fourth-order valence-corrected chi connectivity index (χ4v) is 2.82. The van der Waals surface area contributed by atoms with Crippen LogP contribution in [0.5, 0.6) is 0 Å². The van der Waals surface area contributed by atoms with Gasteiger partial charge in [-0.15, -0.1) is 4.24 Å². The van der Waals surface area contributed by atoms with Gasteiger partial charge in [0.15, 0.2) is 0 Å². The lowest BCUT2D eigenvalue weighted by Gasteiger charge is -2.12. The third-order valence-corrected chi connectivity index (χ3v) is 4.74. The monoisotopic (exact) mass is 369 g/mol. The highest BCUT2D eigenvalue weighted by atomic mass is 35.5. The summed E-state index contributed by atoms with van der Waals surface area (Å²) in [5.41, 5.74) is -0.621. The Labute approximate surface area is 134 Å². The molecule has 9 heteroatoms. The number of alkyl halides is 3. The number of benzene rings is 2. The highest BCUT2D eigenvalue weighted by Crippen LogP contribution is 2.34. The zero-order valence-electron chi connectivity index (χ0n) is 10.7. The van der Waals surface area contributed by atoms with E-state index in [-0.39, 0.29) is 5.56 Å². The molecule has 0 bridgehead atoms. The van der Waals surface area contributed by atoms with Gasteiger partial charge in [0, 0.05) is 5.02 Å². The highest BCUT2D eigenvalue weighted by Gasteiger charge is 2.32. The van der Waals surface area contributed by atoms with Crippen LogP contribution in [-0.4, -0.2) is 8.42 Å². The van der Waals surface area contributed by atoms with Gasteiger partial charge in [0.25, 0.3) is 10.0 Å². The minimum Gasteiger partial charge on any atom is -0.206 e. The molecule has 0 fully saturated rings. The highest BCUT2D eigenvalue weighted by molar-refractivity contribution is 7.90. The van der Waals surface area contributed by atoms with E-state index in [1.54, 1.807) is 0 Å². The summed E-state index contributed by atoms with van der Waals surface area (Å²) in [6.07, 6.45) is -4.70. The molecule has 3 nitrogen and oxygen atoms in total. The Morgan fingerprint density at radius 2 is 1.55 bits per heavy atom. The molecule has 2 aromatic carbocycles. The van der Waals surface area contributed by atoms with Gasteiger partial charge in [0.1, 0.15) is 0 Å². The van der Waals surface area contributed by atoms with Crippen molar-refractivity contribution in [3.05, 3.63) is 53.1 Å². The van der Waals surface area contributed by atoms with Gasteiger partial charge in [-0.05, 0) is 53.2 Å². The standard InChI is InChI=1S/C13H8Cl2F3NO2S/c14-11-3-1-8(2-4-11)9-5-10(13(16,17)18)7-12(6-9)22(20,21)19-15/h1-7,19H. The molecule has 0 aliphatic carbocycles. The van der Waals surface area contributed by atoms with E-state index in [2.05, 4.69) is 0 Å². The Morgan fingerprint density at radius 1 is 0.955 bits per heavy atom. The fourth-order valence-electron chi connectivity index (χ4n) is 1.77. The summed E-state index contributed by atoms with van der Waals surface area (Å²) in [4.78, 5) is -0.581. The second kappa shape index (κ2) is 6.08. The molecule has 2 rings (SSSR count). The smallest absolute Gasteiger partial charge is 0.206 e. The number of sulfonamides is 1. The lowest BCUT2D eigenvalue weighted by atomic mass is 10.0. The van der Waals surface area contributed by atoms with Crippen LogP contribution in [0.4, 0.5) is 13.2 Å². The molecule has 0 amide bonds.